The van der Waals surface area contributed by atoms with E-state index in [4.69, 9.17) is 19.2 Å². The Balaban J connectivity index is 1.74. The van der Waals surface area contributed by atoms with Crippen LogP contribution in [-0.2, 0) is 0 Å². The first kappa shape index (κ1) is 20.5. The van der Waals surface area contributed by atoms with E-state index in [1.165, 1.54) is 0 Å². The van der Waals surface area contributed by atoms with Crippen LogP contribution >= 0.6 is 15.9 Å². The summed E-state index contributed by atoms with van der Waals surface area (Å²) in [5.41, 5.74) is 5.03. The lowest BCUT2D eigenvalue weighted by atomic mass is 10.00. The zero-order valence-corrected chi connectivity index (χ0v) is 19.5. The number of hydrogen-bond donors (Lipinski definition) is 1. The first-order valence-electron chi connectivity index (χ1n) is 10.1. The van der Waals surface area contributed by atoms with Gasteiger partial charge >= 0.3 is 0 Å². The fourth-order valence-electron chi connectivity index (χ4n) is 4.12. The molecule has 2 heterocycles. The Morgan fingerprint density at radius 3 is 2.25 bits per heavy atom. The number of nitrogens with one attached hydrogen (secondary N) is 1. The summed E-state index contributed by atoms with van der Waals surface area (Å²) < 4.78 is 20.0. The van der Waals surface area contributed by atoms with E-state index in [1.54, 1.807) is 21.3 Å². The van der Waals surface area contributed by atoms with Crippen molar-refractivity contribution in [3.05, 3.63) is 82.3 Å². The zero-order chi connectivity index (χ0) is 22.2. The number of allylic oxidation sites excluding steroid dienone is 1. The molecule has 1 atom stereocenters. The van der Waals surface area contributed by atoms with Crippen LogP contribution in [-0.4, -0.2) is 30.9 Å². The molecule has 6 nitrogen and oxygen atoms in total. The molecule has 0 saturated heterocycles. The van der Waals surface area contributed by atoms with E-state index < -0.39 is 0 Å². The normalized spacial score (nSPS) is 15.0. The summed E-state index contributed by atoms with van der Waals surface area (Å²) in [5.74, 6) is 2.58. The number of benzene rings is 3. The number of ether oxygens (including phenoxy) is 3. The largest absolute Gasteiger partial charge is 0.493 e. The predicted octanol–water partition coefficient (Wildman–Crippen LogP) is 5.88. The summed E-state index contributed by atoms with van der Waals surface area (Å²) in [6.07, 6.45) is 2.20. The molecule has 0 saturated carbocycles. The average Bonchev–Trinajstić information content (AvgIpc) is 3.21. The molecule has 32 heavy (non-hydrogen) atoms. The van der Waals surface area contributed by atoms with Crippen molar-refractivity contribution < 1.29 is 14.2 Å². The Kier molecular flexibility index (Phi) is 5.27. The maximum absolute atomic E-state index is 5.62. The molecule has 162 valence electrons. The summed E-state index contributed by atoms with van der Waals surface area (Å²) in [5, 5.41) is 3.51. The summed E-state index contributed by atoms with van der Waals surface area (Å²) >= 11 is 3.52. The third kappa shape index (κ3) is 3.39. The van der Waals surface area contributed by atoms with Crippen LogP contribution in [0.5, 0.6) is 17.2 Å². The molecule has 0 fully saturated rings. The van der Waals surface area contributed by atoms with Gasteiger partial charge in [0.2, 0.25) is 11.7 Å². The van der Waals surface area contributed by atoms with Crippen LogP contribution in [0.4, 0.5) is 5.95 Å². The van der Waals surface area contributed by atoms with Gasteiger partial charge in [0, 0.05) is 10.2 Å². The molecular formula is C25H22BrN3O3. The van der Waals surface area contributed by atoms with Gasteiger partial charge in [-0.3, -0.25) is 4.57 Å². The van der Waals surface area contributed by atoms with Gasteiger partial charge in [0.25, 0.3) is 0 Å². The maximum atomic E-state index is 5.62. The summed E-state index contributed by atoms with van der Waals surface area (Å²) in [7, 11) is 4.87. The van der Waals surface area contributed by atoms with Crippen LogP contribution in [0.2, 0.25) is 0 Å². The van der Waals surface area contributed by atoms with Crippen LogP contribution in [0, 0.1) is 0 Å². The van der Waals surface area contributed by atoms with Gasteiger partial charge in [0.05, 0.1) is 38.4 Å². The fourth-order valence-corrected chi connectivity index (χ4v) is 4.39. The van der Waals surface area contributed by atoms with Crippen LogP contribution in [0.1, 0.15) is 17.2 Å². The highest BCUT2D eigenvalue weighted by atomic mass is 79.9. The van der Waals surface area contributed by atoms with E-state index in [2.05, 4.69) is 50.1 Å². The van der Waals surface area contributed by atoms with Gasteiger partial charge < -0.3 is 19.5 Å². The topological polar surface area (TPSA) is 57.5 Å². The number of rotatable bonds is 5. The van der Waals surface area contributed by atoms with Crippen molar-refractivity contribution in [1.29, 1.82) is 0 Å². The molecule has 0 aliphatic carbocycles. The number of anilines is 1. The van der Waals surface area contributed by atoms with E-state index in [9.17, 15) is 0 Å². The van der Waals surface area contributed by atoms with Gasteiger partial charge in [-0.15, -0.1) is 0 Å². The molecule has 1 unspecified atom stereocenters. The summed E-state index contributed by atoms with van der Waals surface area (Å²) in [4.78, 5) is 4.86. The molecule has 1 aromatic heterocycles. The molecule has 0 bridgehead atoms. The molecule has 0 radical (unpaired) electrons. The summed E-state index contributed by atoms with van der Waals surface area (Å²) in [6, 6.07) is 20.2. The van der Waals surface area contributed by atoms with Crippen molar-refractivity contribution in [2.24, 2.45) is 0 Å². The standard InChI is InChI=1S/C25H22BrN3O3/c1-30-22-12-16(13-23(31-2)24(22)32-3)21-14-19(15-8-10-17(26)11-9-15)28-25-27-18-6-4-5-7-20(18)29(21)25/h4-14,21H,1-3H3,(H,27,28). The molecular weight excluding hydrogens is 470 g/mol. The molecule has 5 rings (SSSR count). The first-order valence-corrected chi connectivity index (χ1v) is 10.9. The van der Waals surface area contributed by atoms with Crippen molar-refractivity contribution in [1.82, 2.24) is 9.55 Å². The minimum Gasteiger partial charge on any atom is -0.493 e. The van der Waals surface area contributed by atoms with Gasteiger partial charge in [-0.05, 0) is 53.6 Å². The molecule has 0 spiro atoms. The lowest BCUT2D eigenvalue weighted by molar-refractivity contribution is 0.323. The second kappa shape index (κ2) is 8.24. The highest BCUT2D eigenvalue weighted by molar-refractivity contribution is 9.10. The van der Waals surface area contributed by atoms with Gasteiger partial charge in [-0.25, -0.2) is 4.98 Å². The summed E-state index contributed by atoms with van der Waals surface area (Å²) in [6.45, 7) is 0. The van der Waals surface area contributed by atoms with Gasteiger partial charge in [-0.1, -0.05) is 40.2 Å². The number of aromatic nitrogens is 2. The van der Waals surface area contributed by atoms with Crippen molar-refractivity contribution in [3.63, 3.8) is 0 Å². The van der Waals surface area contributed by atoms with Gasteiger partial charge in [-0.2, -0.15) is 0 Å². The molecule has 3 aromatic carbocycles. The SMILES string of the molecule is COc1cc(C2C=C(c3ccc(Br)cc3)Nc3nc4ccccc4n32)cc(OC)c1OC. The fraction of sp³-hybridized carbons (Fsp3) is 0.160. The monoisotopic (exact) mass is 491 g/mol. The van der Waals surface area contributed by atoms with Crippen molar-refractivity contribution in [2.75, 3.05) is 26.6 Å². The maximum Gasteiger partial charge on any atom is 0.209 e. The minimum atomic E-state index is -0.133. The molecule has 0 amide bonds. The molecule has 4 aromatic rings. The van der Waals surface area contributed by atoms with E-state index in [0.717, 1.165) is 38.3 Å². The van der Waals surface area contributed by atoms with E-state index >= 15 is 0 Å². The lowest BCUT2D eigenvalue weighted by Gasteiger charge is -2.27. The predicted molar refractivity (Wildman–Crippen MR) is 130 cm³/mol. The second-order valence-corrected chi connectivity index (χ2v) is 8.33. The zero-order valence-electron chi connectivity index (χ0n) is 17.9. The Bertz CT molecular complexity index is 1300. The third-order valence-electron chi connectivity index (χ3n) is 5.63. The third-order valence-corrected chi connectivity index (χ3v) is 6.16. The lowest BCUT2D eigenvalue weighted by Crippen LogP contribution is -2.19. The van der Waals surface area contributed by atoms with Crippen LogP contribution in [0.15, 0.2) is 71.2 Å². The van der Waals surface area contributed by atoms with Crippen LogP contribution in [0.25, 0.3) is 16.7 Å². The van der Waals surface area contributed by atoms with E-state index in [0.29, 0.717) is 17.2 Å². The molecule has 1 aliphatic heterocycles. The average molecular weight is 492 g/mol. The Labute approximate surface area is 194 Å². The van der Waals surface area contributed by atoms with Crippen molar-refractivity contribution in [2.45, 2.75) is 6.04 Å². The minimum absolute atomic E-state index is 0.133. The highest BCUT2D eigenvalue weighted by Crippen LogP contribution is 2.43. The van der Waals surface area contributed by atoms with Crippen LogP contribution < -0.4 is 19.5 Å². The smallest absolute Gasteiger partial charge is 0.209 e. The van der Waals surface area contributed by atoms with E-state index in [1.807, 2.05) is 42.5 Å². The molecule has 1 aliphatic rings. The number of nitrogens with zero attached hydrogens (tertiary/aromatic N) is 2. The highest BCUT2D eigenvalue weighted by Gasteiger charge is 2.27. The van der Waals surface area contributed by atoms with E-state index in [-0.39, 0.29) is 6.04 Å². The van der Waals surface area contributed by atoms with Crippen LogP contribution in [0.3, 0.4) is 0 Å². The van der Waals surface area contributed by atoms with Gasteiger partial charge in [0.1, 0.15) is 0 Å². The number of para-hydroxylation sites is 2. The van der Waals surface area contributed by atoms with Gasteiger partial charge in [0.15, 0.2) is 11.5 Å². The number of fused-ring (bicyclic) bond motifs is 3. The quantitative estimate of drug-likeness (QED) is 0.377. The molecule has 7 heteroatoms. The van der Waals surface area contributed by atoms with Crippen molar-refractivity contribution >= 4 is 38.6 Å². The number of methoxy groups -OCH3 is 3. The molecule has 1 N–H and O–H groups in total. The Morgan fingerprint density at radius 1 is 0.906 bits per heavy atom. The number of hydrogen-bond acceptors (Lipinski definition) is 5. The Morgan fingerprint density at radius 2 is 1.59 bits per heavy atom. The van der Waals surface area contributed by atoms with Crippen molar-refractivity contribution in [3.8, 4) is 17.2 Å². The number of halogens is 1. The Hall–Kier alpha value is -3.45. The second-order valence-electron chi connectivity index (χ2n) is 7.41. The number of imidazole rings is 1. The first-order chi connectivity index (χ1) is 15.6.